The summed E-state index contributed by atoms with van der Waals surface area (Å²) in [6, 6.07) is 5.42. The predicted octanol–water partition coefficient (Wildman–Crippen LogP) is 3.34. The fourth-order valence-electron chi connectivity index (χ4n) is 3.58. The van der Waals surface area contributed by atoms with Crippen LogP contribution in [0.3, 0.4) is 0 Å². The van der Waals surface area contributed by atoms with E-state index in [-0.39, 0.29) is 5.78 Å². The van der Waals surface area contributed by atoms with Crippen molar-refractivity contribution >= 4 is 17.4 Å². The second-order valence-corrected chi connectivity index (χ2v) is 6.83. The zero-order chi connectivity index (χ0) is 19.0. The van der Waals surface area contributed by atoms with Gasteiger partial charge in [0, 0.05) is 44.5 Å². The molecule has 2 aromatic rings. The van der Waals surface area contributed by atoms with Crippen LogP contribution in [0.4, 0.5) is 24.8 Å². The van der Waals surface area contributed by atoms with Gasteiger partial charge in [-0.3, -0.25) is 4.79 Å². The lowest BCUT2D eigenvalue weighted by Crippen LogP contribution is -2.47. The summed E-state index contributed by atoms with van der Waals surface area (Å²) in [5.41, 5.74) is 1.36. The van der Waals surface area contributed by atoms with Crippen LogP contribution in [-0.2, 0) is 12.6 Å². The first-order valence-corrected chi connectivity index (χ1v) is 8.98. The molecule has 0 bridgehead atoms. The van der Waals surface area contributed by atoms with Crippen molar-refractivity contribution in [2.24, 2.45) is 0 Å². The van der Waals surface area contributed by atoms with Gasteiger partial charge in [0.15, 0.2) is 5.78 Å². The number of piperazine rings is 1. The Kier molecular flexibility index (Phi) is 4.49. The summed E-state index contributed by atoms with van der Waals surface area (Å²) in [6.07, 6.45) is -0.595. The molecular weight excluding hydrogens is 357 g/mol. The van der Waals surface area contributed by atoms with Crippen LogP contribution in [0.5, 0.6) is 0 Å². The predicted molar refractivity (Wildman–Crippen MR) is 95.2 cm³/mol. The number of carbonyl (C=O) groups is 1. The van der Waals surface area contributed by atoms with Crippen LogP contribution in [0.25, 0.3) is 0 Å². The summed E-state index contributed by atoms with van der Waals surface area (Å²) in [4.78, 5) is 24.7. The molecule has 142 valence electrons. The largest absolute Gasteiger partial charge is 0.416 e. The summed E-state index contributed by atoms with van der Waals surface area (Å²) in [5.74, 6) is 0.685. The Hall–Kier alpha value is -2.64. The Morgan fingerprint density at radius 3 is 2.48 bits per heavy atom. The molecule has 4 rings (SSSR count). The molecule has 0 unspecified atom stereocenters. The third-order valence-corrected chi connectivity index (χ3v) is 5.07. The minimum Gasteiger partial charge on any atom is -0.368 e. The number of hydrogen-bond donors (Lipinski definition) is 0. The Balaban J connectivity index is 1.46. The molecule has 0 radical (unpaired) electrons. The molecule has 0 amide bonds. The number of aromatic nitrogens is 2. The Labute approximate surface area is 154 Å². The van der Waals surface area contributed by atoms with Gasteiger partial charge in [0.1, 0.15) is 0 Å². The first kappa shape index (κ1) is 17.8. The molecule has 5 nitrogen and oxygen atoms in total. The highest BCUT2D eigenvalue weighted by molar-refractivity contribution is 5.97. The maximum atomic E-state index is 12.9. The lowest BCUT2D eigenvalue weighted by molar-refractivity contribution is -0.137. The van der Waals surface area contributed by atoms with Crippen molar-refractivity contribution < 1.29 is 18.0 Å². The molecule has 1 aromatic heterocycles. The van der Waals surface area contributed by atoms with E-state index in [4.69, 9.17) is 0 Å². The van der Waals surface area contributed by atoms with E-state index in [1.54, 1.807) is 12.3 Å². The van der Waals surface area contributed by atoms with Gasteiger partial charge in [0.05, 0.1) is 16.8 Å². The molecule has 2 heterocycles. The summed E-state index contributed by atoms with van der Waals surface area (Å²) >= 11 is 0. The van der Waals surface area contributed by atoms with Gasteiger partial charge in [-0.25, -0.2) is 9.97 Å². The van der Waals surface area contributed by atoms with Gasteiger partial charge < -0.3 is 9.80 Å². The number of fused-ring (bicyclic) bond motifs is 1. The highest BCUT2D eigenvalue weighted by Gasteiger charge is 2.31. The SMILES string of the molecule is O=C1CCCc2nc(N3CCN(c4cccc(C(F)(F)F)c4)CC3)ncc21. The van der Waals surface area contributed by atoms with Crippen LogP contribution in [0.2, 0.25) is 0 Å². The van der Waals surface area contributed by atoms with Crippen LogP contribution in [0, 0.1) is 0 Å². The number of halogens is 3. The number of anilines is 2. The van der Waals surface area contributed by atoms with Crippen molar-refractivity contribution in [1.29, 1.82) is 0 Å². The first-order chi connectivity index (χ1) is 12.9. The number of alkyl halides is 3. The topological polar surface area (TPSA) is 49.3 Å². The Morgan fingerprint density at radius 2 is 1.74 bits per heavy atom. The molecule has 8 heteroatoms. The molecule has 1 fully saturated rings. The maximum Gasteiger partial charge on any atom is 0.416 e. The lowest BCUT2D eigenvalue weighted by atomic mass is 9.96. The average Bonchev–Trinajstić information content (AvgIpc) is 2.67. The van der Waals surface area contributed by atoms with Crippen LogP contribution in [0.1, 0.15) is 34.5 Å². The molecule has 0 saturated carbocycles. The van der Waals surface area contributed by atoms with E-state index in [0.29, 0.717) is 49.8 Å². The number of benzene rings is 1. The molecule has 1 aromatic carbocycles. The average molecular weight is 376 g/mol. The quantitative estimate of drug-likeness (QED) is 0.805. The van der Waals surface area contributed by atoms with E-state index in [9.17, 15) is 18.0 Å². The number of hydrogen-bond acceptors (Lipinski definition) is 5. The van der Waals surface area contributed by atoms with Gasteiger partial charge >= 0.3 is 6.18 Å². The van der Waals surface area contributed by atoms with Crippen LogP contribution in [-0.4, -0.2) is 41.9 Å². The normalized spacial score (nSPS) is 17.8. The second kappa shape index (κ2) is 6.83. The van der Waals surface area contributed by atoms with Crippen molar-refractivity contribution in [3.05, 3.63) is 47.3 Å². The monoisotopic (exact) mass is 376 g/mol. The molecule has 27 heavy (non-hydrogen) atoms. The van der Waals surface area contributed by atoms with Gasteiger partial charge in [0.2, 0.25) is 5.95 Å². The molecule has 1 saturated heterocycles. The summed E-state index contributed by atoms with van der Waals surface area (Å²) in [5, 5.41) is 0. The highest BCUT2D eigenvalue weighted by atomic mass is 19.4. The van der Waals surface area contributed by atoms with E-state index >= 15 is 0 Å². The van der Waals surface area contributed by atoms with Gasteiger partial charge in [-0.2, -0.15) is 13.2 Å². The van der Waals surface area contributed by atoms with E-state index in [1.165, 1.54) is 12.1 Å². The summed E-state index contributed by atoms with van der Waals surface area (Å²) in [6.45, 7) is 2.40. The minimum absolute atomic E-state index is 0.0946. The zero-order valence-corrected chi connectivity index (χ0v) is 14.7. The van der Waals surface area contributed by atoms with Crippen molar-refractivity contribution in [2.45, 2.75) is 25.4 Å². The molecule has 0 atom stereocenters. The van der Waals surface area contributed by atoms with E-state index in [2.05, 4.69) is 9.97 Å². The molecule has 0 spiro atoms. The van der Waals surface area contributed by atoms with Crippen molar-refractivity contribution in [1.82, 2.24) is 9.97 Å². The van der Waals surface area contributed by atoms with Gasteiger partial charge in [-0.1, -0.05) is 6.07 Å². The number of rotatable bonds is 2. The van der Waals surface area contributed by atoms with Crippen molar-refractivity contribution in [3.63, 3.8) is 0 Å². The summed E-state index contributed by atoms with van der Waals surface area (Å²) < 4.78 is 38.8. The lowest BCUT2D eigenvalue weighted by Gasteiger charge is -2.36. The van der Waals surface area contributed by atoms with Crippen LogP contribution >= 0.6 is 0 Å². The smallest absolute Gasteiger partial charge is 0.368 e. The van der Waals surface area contributed by atoms with Gasteiger partial charge in [-0.15, -0.1) is 0 Å². The second-order valence-electron chi connectivity index (χ2n) is 6.83. The first-order valence-electron chi connectivity index (χ1n) is 8.98. The fourth-order valence-corrected chi connectivity index (χ4v) is 3.58. The number of carbonyl (C=O) groups excluding carboxylic acids is 1. The molecule has 1 aliphatic heterocycles. The maximum absolute atomic E-state index is 12.9. The Bertz CT molecular complexity index is 860. The third kappa shape index (κ3) is 3.61. The standard InChI is InChI=1S/C19H19F3N4O/c20-19(21,22)13-3-1-4-14(11-13)25-7-9-26(10-8-25)18-23-12-15-16(24-18)5-2-6-17(15)27/h1,3-4,11-12H,2,5-10H2. The molecule has 0 N–H and O–H groups in total. The molecule has 2 aliphatic rings. The van der Waals surface area contributed by atoms with Crippen molar-refractivity contribution in [3.8, 4) is 0 Å². The van der Waals surface area contributed by atoms with Gasteiger partial charge in [-0.05, 0) is 31.0 Å². The fraction of sp³-hybridized carbons (Fsp3) is 0.421. The van der Waals surface area contributed by atoms with E-state index in [1.807, 2.05) is 9.80 Å². The van der Waals surface area contributed by atoms with Crippen LogP contribution in [0.15, 0.2) is 30.5 Å². The number of nitrogens with zero attached hydrogens (tertiary/aromatic N) is 4. The van der Waals surface area contributed by atoms with E-state index in [0.717, 1.165) is 24.6 Å². The molecule has 1 aliphatic carbocycles. The Morgan fingerprint density at radius 1 is 1.00 bits per heavy atom. The highest BCUT2D eigenvalue weighted by Crippen LogP contribution is 2.32. The summed E-state index contributed by atoms with van der Waals surface area (Å²) in [7, 11) is 0. The molecular formula is C19H19F3N4O. The number of Topliss-reactive ketones (excluding diaryl/α,β-unsaturated/α-hetero) is 1. The number of aryl methyl sites for hydroxylation is 1. The zero-order valence-electron chi connectivity index (χ0n) is 14.7. The van der Waals surface area contributed by atoms with Crippen LogP contribution < -0.4 is 9.80 Å². The number of ketones is 1. The minimum atomic E-state index is -4.34. The van der Waals surface area contributed by atoms with Gasteiger partial charge in [0.25, 0.3) is 0 Å². The van der Waals surface area contributed by atoms with E-state index < -0.39 is 11.7 Å². The van der Waals surface area contributed by atoms with Crippen molar-refractivity contribution in [2.75, 3.05) is 36.0 Å². The third-order valence-electron chi connectivity index (χ3n) is 5.07.